The standard InChI is InChI=1S/C24H26N6/c1-17-19(13-26-23(28-17)18-7-3-2-4-8-18)15-30-12-10-21-20(16-30)14-27-24(29-21)22-9-5-6-11-25-22/h2-4,7-8,13-14H,5-6,9-12,15-16H2,1H3. The first-order chi connectivity index (χ1) is 14.8. The number of hydrogen-bond acceptors (Lipinski definition) is 6. The fourth-order valence-electron chi connectivity index (χ4n) is 4.14. The Morgan fingerprint density at radius 3 is 2.60 bits per heavy atom. The molecule has 0 radical (unpaired) electrons. The van der Waals surface area contributed by atoms with Gasteiger partial charge >= 0.3 is 0 Å². The Balaban J connectivity index is 1.29. The first kappa shape index (κ1) is 19.0. The maximum Gasteiger partial charge on any atom is 0.173 e. The Hall–Kier alpha value is -2.99. The summed E-state index contributed by atoms with van der Waals surface area (Å²) >= 11 is 0. The van der Waals surface area contributed by atoms with Crippen LogP contribution in [-0.4, -0.2) is 43.6 Å². The van der Waals surface area contributed by atoms with Gasteiger partial charge < -0.3 is 0 Å². The molecule has 3 aromatic rings. The van der Waals surface area contributed by atoms with Crippen molar-refractivity contribution in [2.75, 3.05) is 13.1 Å². The topological polar surface area (TPSA) is 67.2 Å². The van der Waals surface area contributed by atoms with Gasteiger partial charge in [-0.15, -0.1) is 0 Å². The molecule has 0 spiro atoms. The second-order valence-electron chi connectivity index (χ2n) is 8.08. The summed E-state index contributed by atoms with van der Waals surface area (Å²) in [5.41, 5.74) is 6.74. The van der Waals surface area contributed by atoms with E-state index >= 15 is 0 Å². The molecule has 0 amide bonds. The lowest BCUT2D eigenvalue weighted by Crippen LogP contribution is -2.31. The van der Waals surface area contributed by atoms with Crippen molar-refractivity contribution in [2.24, 2.45) is 4.99 Å². The van der Waals surface area contributed by atoms with E-state index in [1.54, 1.807) is 0 Å². The van der Waals surface area contributed by atoms with Crippen LogP contribution in [0, 0.1) is 6.92 Å². The monoisotopic (exact) mass is 398 g/mol. The fraction of sp³-hybridized carbons (Fsp3) is 0.375. The van der Waals surface area contributed by atoms with E-state index in [0.717, 1.165) is 67.6 Å². The quantitative estimate of drug-likeness (QED) is 0.669. The molecule has 0 aliphatic carbocycles. The van der Waals surface area contributed by atoms with E-state index in [1.807, 2.05) is 42.7 Å². The van der Waals surface area contributed by atoms with E-state index in [-0.39, 0.29) is 0 Å². The molecule has 0 saturated heterocycles. The summed E-state index contributed by atoms with van der Waals surface area (Å²) in [4.78, 5) is 25.9. The predicted molar refractivity (Wildman–Crippen MR) is 117 cm³/mol. The summed E-state index contributed by atoms with van der Waals surface area (Å²) in [7, 11) is 0. The van der Waals surface area contributed by atoms with E-state index in [0.29, 0.717) is 0 Å². The third-order valence-corrected chi connectivity index (χ3v) is 5.90. The van der Waals surface area contributed by atoms with Crippen LogP contribution in [0.5, 0.6) is 0 Å². The molecule has 4 heterocycles. The number of hydrogen-bond donors (Lipinski definition) is 0. The summed E-state index contributed by atoms with van der Waals surface area (Å²) < 4.78 is 0. The predicted octanol–water partition coefficient (Wildman–Crippen LogP) is 3.77. The molecule has 2 aliphatic rings. The molecule has 152 valence electrons. The first-order valence-corrected chi connectivity index (χ1v) is 10.7. The molecule has 2 aromatic heterocycles. The first-order valence-electron chi connectivity index (χ1n) is 10.7. The molecule has 5 rings (SSSR count). The zero-order chi connectivity index (χ0) is 20.3. The van der Waals surface area contributed by atoms with Crippen molar-refractivity contribution < 1.29 is 0 Å². The number of aliphatic imine (C=N–C) groups is 1. The number of aryl methyl sites for hydroxylation is 1. The van der Waals surface area contributed by atoms with Gasteiger partial charge in [0.2, 0.25) is 0 Å². The van der Waals surface area contributed by atoms with Crippen molar-refractivity contribution in [3.05, 3.63) is 71.1 Å². The van der Waals surface area contributed by atoms with Crippen LogP contribution < -0.4 is 0 Å². The van der Waals surface area contributed by atoms with Crippen LogP contribution in [0.15, 0.2) is 47.7 Å². The SMILES string of the molecule is Cc1nc(-c2ccccc2)ncc1CN1CCc2nc(C3=NCCCC3)ncc2C1. The molecule has 30 heavy (non-hydrogen) atoms. The lowest BCUT2D eigenvalue weighted by atomic mass is 10.0. The van der Waals surface area contributed by atoms with Crippen molar-refractivity contribution in [1.82, 2.24) is 24.8 Å². The van der Waals surface area contributed by atoms with Crippen molar-refractivity contribution in [3.63, 3.8) is 0 Å². The van der Waals surface area contributed by atoms with E-state index in [1.165, 1.54) is 29.7 Å². The Bertz CT molecular complexity index is 1080. The third-order valence-electron chi connectivity index (χ3n) is 5.90. The summed E-state index contributed by atoms with van der Waals surface area (Å²) in [6, 6.07) is 10.1. The maximum atomic E-state index is 4.85. The molecule has 2 aliphatic heterocycles. The normalized spacial score (nSPS) is 16.8. The van der Waals surface area contributed by atoms with Crippen LogP contribution in [0.3, 0.4) is 0 Å². The van der Waals surface area contributed by atoms with Crippen molar-refractivity contribution in [3.8, 4) is 11.4 Å². The van der Waals surface area contributed by atoms with Crippen molar-refractivity contribution >= 4 is 5.71 Å². The lowest BCUT2D eigenvalue weighted by molar-refractivity contribution is 0.241. The molecule has 0 N–H and O–H groups in total. The molecule has 0 atom stereocenters. The van der Waals surface area contributed by atoms with Crippen molar-refractivity contribution in [1.29, 1.82) is 0 Å². The largest absolute Gasteiger partial charge is 0.294 e. The van der Waals surface area contributed by atoms with Gasteiger partial charge in [-0.25, -0.2) is 19.9 Å². The van der Waals surface area contributed by atoms with Gasteiger partial charge in [-0.3, -0.25) is 9.89 Å². The fourth-order valence-corrected chi connectivity index (χ4v) is 4.14. The van der Waals surface area contributed by atoms with Gasteiger partial charge in [-0.1, -0.05) is 30.3 Å². The van der Waals surface area contributed by atoms with Gasteiger partial charge in [0.15, 0.2) is 11.6 Å². The number of aromatic nitrogens is 4. The number of nitrogens with zero attached hydrogens (tertiary/aromatic N) is 6. The highest BCUT2D eigenvalue weighted by Crippen LogP contribution is 2.22. The van der Waals surface area contributed by atoms with Gasteiger partial charge in [0.05, 0.1) is 11.4 Å². The van der Waals surface area contributed by atoms with Gasteiger partial charge in [0, 0.05) is 67.4 Å². The molecule has 0 fully saturated rings. The number of benzene rings is 1. The van der Waals surface area contributed by atoms with Gasteiger partial charge in [-0.2, -0.15) is 0 Å². The Morgan fingerprint density at radius 2 is 1.80 bits per heavy atom. The van der Waals surface area contributed by atoms with E-state index < -0.39 is 0 Å². The minimum Gasteiger partial charge on any atom is -0.294 e. The third kappa shape index (κ3) is 4.00. The molecule has 0 bridgehead atoms. The minimum absolute atomic E-state index is 0.785. The van der Waals surface area contributed by atoms with Crippen LogP contribution in [-0.2, 0) is 19.5 Å². The van der Waals surface area contributed by atoms with Crippen LogP contribution in [0.4, 0.5) is 0 Å². The van der Waals surface area contributed by atoms with Crippen LogP contribution >= 0.6 is 0 Å². The van der Waals surface area contributed by atoms with E-state index in [9.17, 15) is 0 Å². The summed E-state index contributed by atoms with van der Waals surface area (Å²) in [5, 5.41) is 0. The summed E-state index contributed by atoms with van der Waals surface area (Å²) in [6.07, 6.45) is 8.30. The Kier molecular flexibility index (Phi) is 5.32. The molecule has 6 heteroatoms. The van der Waals surface area contributed by atoms with Gasteiger partial charge in [-0.05, 0) is 26.2 Å². The number of rotatable bonds is 4. The second kappa shape index (κ2) is 8.40. The van der Waals surface area contributed by atoms with E-state index in [4.69, 9.17) is 9.97 Å². The van der Waals surface area contributed by atoms with Crippen LogP contribution in [0.25, 0.3) is 11.4 Å². The Morgan fingerprint density at radius 1 is 0.933 bits per heavy atom. The average Bonchev–Trinajstić information content (AvgIpc) is 2.81. The minimum atomic E-state index is 0.785. The van der Waals surface area contributed by atoms with Crippen molar-refractivity contribution in [2.45, 2.75) is 45.7 Å². The highest BCUT2D eigenvalue weighted by Gasteiger charge is 2.21. The number of fused-ring (bicyclic) bond motifs is 1. The highest BCUT2D eigenvalue weighted by atomic mass is 15.1. The summed E-state index contributed by atoms with van der Waals surface area (Å²) in [5.74, 6) is 1.62. The zero-order valence-electron chi connectivity index (χ0n) is 17.4. The zero-order valence-corrected chi connectivity index (χ0v) is 17.4. The Labute approximate surface area is 177 Å². The molecule has 1 aromatic carbocycles. The second-order valence-corrected chi connectivity index (χ2v) is 8.08. The van der Waals surface area contributed by atoms with Gasteiger partial charge in [0.1, 0.15) is 0 Å². The molecule has 0 saturated carbocycles. The van der Waals surface area contributed by atoms with Gasteiger partial charge in [0.25, 0.3) is 0 Å². The molecular weight excluding hydrogens is 372 g/mol. The average molecular weight is 399 g/mol. The summed E-state index contributed by atoms with van der Waals surface area (Å²) in [6.45, 7) is 5.67. The molecule has 6 nitrogen and oxygen atoms in total. The lowest BCUT2D eigenvalue weighted by Gasteiger charge is -2.28. The molecular formula is C24H26N6. The highest BCUT2D eigenvalue weighted by molar-refractivity contribution is 5.97. The smallest absolute Gasteiger partial charge is 0.173 e. The van der Waals surface area contributed by atoms with Crippen LogP contribution in [0.2, 0.25) is 0 Å². The van der Waals surface area contributed by atoms with E-state index in [2.05, 4.69) is 26.8 Å². The molecule has 0 unspecified atom stereocenters. The maximum absolute atomic E-state index is 4.85. The van der Waals surface area contributed by atoms with Crippen LogP contribution in [0.1, 0.15) is 47.6 Å².